The number of fused-ring (bicyclic) bond motifs is 1. The van der Waals surface area contributed by atoms with E-state index >= 15 is 0 Å². The Morgan fingerprint density at radius 1 is 1.42 bits per heavy atom. The molecule has 1 aliphatic rings. The summed E-state index contributed by atoms with van der Waals surface area (Å²) in [5.41, 5.74) is 2.67. The standard InChI is InChI=1S/C14H12N4O/c1-18-14-12(8-16-18)11(6-13(19)17-14)10-4-2-9(7-15)3-5-10/h2-5,8,11H,6H2,1H3,(H,17,19)/t11-/m0/s1. The van der Waals surface area contributed by atoms with Gasteiger partial charge >= 0.3 is 0 Å². The minimum Gasteiger partial charge on any atom is -0.311 e. The highest BCUT2D eigenvalue weighted by Gasteiger charge is 2.29. The molecule has 0 saturated carbocycles. The molecule has 5 heteroatoms. The first-order chi connectivity index (χ1) is 9.19. The van der Waals surface area contributed by atoms with Crippen LogP contribution in [0.1, 0.15) is 29.0 Å². The van der Waals surface area contributed by atoms with Crippen LogP contribution in [0.15, 0.2) is 30.5 Å². The van der Waals surface area contributed by atoms with Gasteiger partial charge in [0.15, 0.2) is 0 Å². The number of aryl methyl sites for hydroxylation is 1. The van der Waals surface area contributed by atoms with E-state index in [4.69, 9.17) is 5.26 Å². The molecule has 2 aromatic rings. The maximum absolute atomic E-state index is 11.8. The summed E-state index contributed by atoms with van der Waals surface area (Å²) in [5.74, 6) is 0.751. The van der Waals surface area contributed by atoms with Crippen molar-refractivity contribution >= 4 is 11.7 Å². The first-order valence-corrected chi connectivity index (χ1v) is 6.01. The van der Waals surface area contributed by atoms with Gasteiger partial charge in [-0.05, 0) is 17.7 Å². The number of benzene rings is 1. The zero-order valence-corrected chi connectivity index (χ0v) is 10.4. The molecule has 94 valence electrons. The molecule has 0 unspecified atom stereocenters. The van der Waals surface area contributed by atoms with Gasteiger partial charge in [0, 0.05) is 24.9 Å². The number of rotatable bonds is 1. The monoisotopic (exact) mass is 252 g/mol. The number of amides is 1. The highest BCUT2D eigenvalue weighted by atomic mass is 16.1. The van der Waals surface area contributed by atoms with Crippen molar-refractivity contribution in [3.63, 3.8) is 0 Å². The van der Waals surface area contributed by atoms with Gasteiger partial charge in [0.05, 0.1) is 17.8 Å². The third-order valence-electron chi connectivity index (χ3n) is 3.43. The van der Waals surface area contributed by atoms with Crippen molar-refractivity contribution in [2.24, 2.45) is 7.05 Å². The van der Waals surface area contributed by atoms with Gasteiger partial charge in [-0.1, -0.05) is 12.1 Å². The van der Waals surface area contributed by atoms with Gasteiger partial charge in [-0.15, -0.1) is 0 Å². The van der Waals surface area contributed by atoms with Crippen molar-refractivity contribution < 1.29 is 4.79 Å². The molecule has 1 N–H and O–H groups in total. The quantitative estimate of drug-likeness (QED) is 0.840. The molecule has 1 amide bonds. The van der Waals surface area contributed by atoms with Crippen LogP contribution in [0.4, 0.5) is 5.82 Å². The van der Waals surface area contributed by atoms with Crippen LogP contribution in [-0.2, 0) is 11.8 Å². The number of nitrogens with one attached hydrogen (secondary N) is 1. The van der Waals surface area contributed by atoms with E-state index in [0.717, 1.165) is 16.9 Å². The normalized spacial score (nSPS) is 17.5. The average Bonchev–Trinajstić information content (AvgIpc) is 2.80. The second-order valence-corrected chi connectivity index (χ2v) is 4.61. The smallest absolute Gasteiger partial charge is 0.226 e. The van der Waals surface area contributed by atoms with Crippen molar-refractivity contribution in [1.82, 2.24) is 9.78 Å². The molecule has 2 heterocycles. The van der Waals surface area contributed by atoms with Crippen molar-refractivity contribution in [2.75, 3.05) is 5.32 Å². The van der Waals surface area contributed by atoms with Crippen molar-refractivity contribution in [3.05, 3.63) is 47.2 Å². The molecular weight excluding hydrogens is 240 g/mol. The van der Waals surface area contributed by atoms with Gasteiger partial charge < -0.3 is 5.32 Å². The summed E-state index contributed by atoms with van der Waals surface area (Å²) < 4.78 is 1.67. The minimum atomic E-state index is -0.00883. The number of hydrogen-bond donors (Lipinski definition) is 1. The van der Waals surface area contributed by atoms with Crippen LogP contribution in [0, 0.1) is 11.3 Å². The SMILES string of the molecule is Cn1ncc2c1NC(=O)C[C@H]2c1ccc(C#N)cc1. The molecule has 0 bridgehead atoms. The van der Waals surface area contributed by atoms with Crippen LogP contribution in [0.3, 0.4) is 0 Å². The third kappa shape index (κ3) is 1.87. The lowest BCUT2D eigenvalue weighted by Crippen LogP contribution is -2.24. The number of carbonyl (C=O) groups is 1. The summed E-state index contributed by atoms with van der Waals surface area (Å²) in [6.45, 7) is 0. The third-order valence-corrected chi connectivity index (χ3v) is 3.43. The van der Waals surface area contributed by atoms with Crippen LogP contribution in [0.5, 0.6) is 0 Å². The highest BCUT2D eigenvalue weighted by molar-refractivity contribution is 5.94. The van der Waals surface area contributed by atoms with E-state index in [2.05, 4.69) is 16.5 Å². The number of nitrogens with zero attached hydrogens (tertiary/aromatic N) is 3. The molecule has 0 fully saturated rings. The molecule has 0 aliphatic carbocycles. The zero-order chi connectivity index (χ0) is 13.4. The summed E-state index contributed by atoms with van der Waals surface area (Å²) >= 11 is 0. The van der Waals surface area contributed by atoms with E-state index in [0.29, 0.717) is 12.0 Å². The van der Waals surface area contributed by atoms with E-state index in [1.165, 1.54) is 0 Å². The number of hydrogen-bond acceptors (Lipinski definition) is 3. The van der Waals surface area contributed by atoms with Gasteiger partial charge in [0.25, 0.3) is 0 Å². The number of nitriles is 1. The van der Waals surface area contributed by atoms with Gasteiger partial charge in [-0.25, -0.2) is 0 Å². The predicted octanol–water partition coefficient (Wildman–Crippen LogP) is 1.77. The summed E-state index contributed by atoms with van der Waals surface area (Å²) in [6.07, 6.45) is 2.20. The first-order valence-electron chi connectivity index (χ1n) is 6.01. The Hall–Kier alpha value is -2.61. The summed E-state index contributed by atoms with van der Waals surface area (Å²) in [5, 5.41) is 15.8. The second-order valence-electron chi connectivity index (χ2n) is 4.61. The lowest BCUT2D eigenvalue weighted by molar-refractivity contribution is -0.116. The Morgan fingerprint density at radius 3 is 2.84 bits per heavy atom. The number of aromatic nitrogens is 2. The molecule has 0 saturated heterocycles. The molecule has 1 atom stereocenters. The Morgan fingerprint density at radius 2 is 2.16 bits per heavy atom. The van der Waals surface area contributed by atoms with Crippen LogP contribution < -0.4 is 5.32 Å². The first kappa shape index (κ1) is 11.5. The largest absolute Gasteiger partial charge is 0.311 e. The lowest BCUT2D eigenvalue weighted by Gasteiger charge is -2.23. The van der Waals surface area contributed by atoms with E-state index in [1.807, 2.05) is 12.1 Å². The average molecular weight is 252 g/mol. The Bertz CT molecular complexity index is 678. The maximum atomic E-state index is 11.8. The molecular formula is C14H12N4O. The van der Waals surface area contributed by atoms with Gasteiger partial charge in [0.2, 0.25) is 5.91 Å². The van der Waals surface area contributed by atoms with Gasteiger partial charge in [-0.2, -0.15) is 10.4 Å². The molecule has 19 heavy (non-hydrogen) atoms. The molecule has 0 radical (unpaired) electrons. The minimum absolute atomic E-state index is 0.00481. The Balaban J connectivity index is 2.05. The summed E-state index contributed by atoms with van der Waals surface area (Å²) in [6, 6.07) is 9.45. The van der Waals surface area contributed by atoms with E-state index in [-0.39, 0.29) is 11.8 Å². The van der Waals surface area contributed by atoms with Gasteiger partial charge in [-0.3, -0.25) is 9.48 Å². The molecule has 1 aromatic heterocycles. The fraction of sp³-hybridized carbons (Fsp3) is 0.214. The van der Waals surface area contributed by atoms with Crippen LogP contribution in [-0.4, -0.2) is 15.7 Å². The van der Waals surface area contributed by atoms with Crippen LogP contribution in [0.25, 0.3) is 0 Å². The molecule has 5 nitrogen and oxygen atoms in total. The molecule has 0 spiro atoms. The fourth-order valence-electron chi connectivity index (χ4n) is 2.43. The molecule has 1 aromatic carbocycles. The van der Waals surface area contributed by atoms with E-state index < -0.39 is 0 Å². The van der Waals surface area contributed by atoms with Crippen molar-refractivity contribution in [1.29, 1.82) is 5.26 Å². The fourth-order valence-corrected chi connectivity index (χ4v) is 2.43. The van der Waals surface area contributed by atoms with Crippen molar-refractivity contribution in [2.45, 2.75) is 12.3 Å². The topological polar surface area (TPSA) is 70.7 Å². The lowest BCUT2D eigenvalue weighted by atomic mass is 9.87. The van der Waals surface area contributed by atoms with Crippen molar-refractivity contribution in [3.8, 4) is 6.07 Å². The highest BCUT2D eigenvalue weighted by Crippen LogP contribution is 2.36. The Labute approximate surface area is 110 Å². The zero-order valence-electron chi connectivity index (χ0n) is 10.4. The van der Waals surface area contributed by atoms with Crippen LogP contribution >= 0.6 is 0 Å². The summed E-state index contributed by atoms with van der Waals surface area (Å²) in [4.78, 5) is 11.8. The summed E-state index contributed by atoms with van der Waals surface area (Å²) in [7, 11) is 1.81. The molecule has 1 aliphatic heterocycles. The Kier molecular flexibility index (Phi) is 2.57. The maximum Gasteiger partial charge on any atom is 0.226 e. The predicted molar refractivity (Wildman–Crippen MR) is 69.5 cm³/mol. The second kappa shape index (κ2) is 4.25. The number of carbonyl (C=O) groups excluding carboxylic acids is 1. The van der Waals surface area contributed by atoms with Gasteiger partial charge in [0.1, 0.15) is 5.82 Å². The number of anilines is 1. The van der Waals surface area contributed by atoms with E-state index in [1.54, 1.807) is 30.1 Å². The van der Waals surface area contributed by atoms with E-state index in [9.17, 15) is 4.79 Å². The van der Waals surface area contributed by atoms with Crippen LogP contribution in [0.2, 0.25) is 0 Å². The molecule has 3 rings (SSSR count).